The van der Waals surface area contributed by atoms with Crippen molar-refractivity contribution >= 4 is 22.8 Å². The third-order valence-corrected chi connectivity index (χ3v) is 5.90. The van der Waals surface area contributed by atoms with Crippen LogP contribution in [-0.2, 0) is 6.18 Å². The lowest BCUT2D eigenvalue weighted by molar-refractivity contribution is -0.137. The third kappa shape index (κ3) is 5.35. The average Bonchev–Trinajstić information content (AvgIpc) is 2.82. The van der Waals surface area contributed by atoms with Crippen molar-refractivity contribution < 1.29 is 27.1 Å². The monoisotopic (exact) mass is 456 g/mol. The predicted octanol–water partition coefficient (Wildman–Crippen LogP) is 6.67. The van der Waals surface area contributed by atoms with Crippen molar-refractivity contribution in [3.05, 3.63) is 81.7 Å². The lowest BCUT2D eigenvalue weighted by atomic mass is 9.90. The Labute approximate surface area is 188 Å². The first kappa shape index (κ1) is 22.8. The molecule has 2 aromatic carbocycles. The van der Waals surface area contributed by atoms with E-state index in [1.165, 1.54) is 31.6 Å². The maximum Gasteiger partial charge on any atom is 0.416 e. The molecule has 0 radical (unpaired) electrons. The van der Waals surface area contributed by atoms with Crippen LogP contribution < -0.4 is 10.2 Å². The van der Waals surface area contributed by atoms with Gasteiger partial charge in [-0.25, -0.2) is 0 Å². The van der Waals surface area contributed by atoms with Crippen LogP contribution in [0.2, 0.25) is 0 Å². The molecule has 1 aromatic heterocycles. The lowest BCUT2D eigenvalue weighted by Crippen LogP contribution is -2.16. The highest BCUT2D eigenvalue weighted by Crippen LogP contribution is 2.30. The first-order chi connectivity index (χ1) is 15.8. The Hall–Kier alpha value is -3.35. The summed E-state index contributed by atoms with van der Waals surface area (Å²) < 4.78 is 49.7. The summed E-state index contributed by atoms with van der Waals surface area (Å²) in [6.45, 7) is 0.533. The molecule has 1 aliphatic rings. The molecule has 0 atom stereocenters. The molecule has 7 heteroatoms. The average molecular weight is 456 g/mol. The molecule has 4 rings (SSSR count). The van der Waals surface area contributed by atoms with Crippen LogP contribution in [-0.4, -0.2) is 12.4 Å². The van der Waals surface area contributed by atoms with Gasteiger partial charge in [-0.05, 0) is 55.2 Å². The largest absolute Gasteiger partial charge is 0.492 e. The van der Waals surface area contributed by atoms with Crippen molar-refractivity contribution in [1.82, 2.24) is 0 Å². The topological polar surface area (TPSA) is 56.5 Å². The second kappa shape index (κ2) is 9.65. The molecule has 33 heavy (non-hydrogen) atoms. The van der Waals surface area contributed by atoms with E-state index in [1.807, 2.05) is 0 Å². The van der Waals surface area contributed by atoms with Crippen LogP contribution in [0.3, 0.4) is 0 Å². The van der Waals surface area contributed by atoms with E-state index in [2.05, 4.69) is 0 Å². The highest BCUT2D eigenvalue weighted by Gasteiger charge is 2.30. The molecule has 172 valence electrons. The van der Waals surface area contributed by atoms with E-state index >= 15 is 0 Å². The lowest BCUT2D eigenvalue weighted by Gasteiger charge is -2.21. The SMILES string of the molecule is O=C(/C=C/c1coc2cccc(OCC3CCCCC3)c2c1=O)c1ccc(C(F)(F)F)cc1. The molecule has 1 heterocycles. The summed E-state index contributed by atoms with van der Waals surface area (Å²) >= 11 is 0. The van der Waals surface area contributed by atoms with Crippen molar-refractivity contribution in [2.24, 2.45) is 5.92 Å². The minimum Gasteiger partial charge on any atom is -0.492 e. The molecule has 0 unspecified atom stereocenters. The minimum absolute atomic E-state index is 0.0842. The van der Waals surface area contributed by atoms with Crippen molar-refractivity contribution in [1.29, 1.82) is 0 Å². The van der Waals surface area contributed by atoms with Gasteiger partial charge in [0.1, 0.15) is 23.0 Å². The van der Waals surface area contributed by atoms with Crippen LogP contribution in [0.15, 0.2) is 64.0 Å². The molecule has 0 amide bonds. The molecule has 0 spiro atoms. The fourth-order valence-corrected chi connectivity index (χ4v) is 4.04. The summed E-state index contributed by atoms with van der Waals surface area (Å²) in [5.74, 6) is 0.381. The van der Waals surface area contributed by atoms with Crippen LogP contribution in [0.25, 0.3) is 17.0 Å². The first-order valence-electron chi connectivity index (χ1n) is 10.9. The van der Waals surface area contributed by atoms with E-state index < -0.39 is 17.5 Å². The quantitative estimate of drug-likeness (QED) is 0.307. The van der Waals surface area contributed by atoms with Crippen LogP contribution in [0.4, 0.5) is 13.2 Å². The normalized spacial score (nSPS) is 15.2. The van der Waals surface area contributed by atoms with Gasteiger partial charge in [-0.2, -0.15) is 13.2 Å². The number of ketones is 1. The summed E-state index contributed by atoms with van der Waals surface area (Å²) in [5, 5.41) is 0.303. The van der Waals surface area contributed by atoms with Crippen LogP contribution >= 0.6 is 0 Å². The van der Waals surface area contributed by atoms with Gasteiger partial charge in [0.15, 0.2) is 5.78 Å². The summed E-state index contributed by atoms with van der Waals surface area (Å²) in [7, 11) is 0. The molecule has 4 nitrogen and oxygen atoms in total. The van der Waals surface area contributed by atoms with Crippen molar-refractivity contribution in [2.45, 2.75) is 38.3 Å². The second-order valence-electron chi connectivity index (χ2n) is 8.24. The summed E-state index contributed by atoms with van der Waals surface area (Å²) in [5.41, 5.74) is -0.560. The number of hydrogen-bond acceptors (Lipinski definition) is 4. The van der Waals surface area contributed by atoms with Crippen molar-refractivity contribution in [2.75, 3.05) is 6.61 Å². The Morgan fingerprint density at radius 2 is 1.79 bits per heavy atom. The standard InChI is InChI=1S/C26H23F3O4/c27-26(28,29)20-12-9-18(10-13-20)21(30)14-11-19-16-33-23-8-4-7-22(24(23)25(19)31)32-15-17-5-2-1-3-6-17/h4,7-14,16-17H,1-3,5-6,15H2/b14-11+. The molecule has 0 saturated heterocycles. The Balaban J connectivity index is 1.55. The zero-order valence-corrected chi connectivity index (χ0v) is 17.9. The number of benzene rings is 2. The summed E-state index contributed by atoms with van der Waals surface area (Å²) in [6.07, 6.45) is 5.08. The van der Waals surface area contributed by atoms with Gasteiger partial charge in [0.25, 0.3) is 0 Å². The second-order valence-corrected chi connectivity index (χ2v) is 8.24. The summed E-state index contributed by atoms with van der Waals surface area (Å²) in [6, 6.07) is 9.06. The fourth-order valence-electron chi connectivity index (χ4n) is 4.04. The molecule has 0 aliphatic heterocycles. The van der Waals surface area contributed by atoms with Gasteiger partial charge in [-0.3, -0.25) is 9.59 Å². The van der Waals surface area contributed by atoms with Gasteiger partial charge < -0.3 is 9.15 Å². The van der Waals surface area contributed by atoms with Gasteiger partial charge in [0.2, 0.25) is 5.43 Å². The van der Waals surface area contributed by atoms with Crippen LogP contribution in [0.5, 0.6) is 5.75 Å². The highest BCUT2D eigenvalue weighted by molar-refractivity contribution is 6.07. The molecule has 1 aliphatic carbocycles. The van der Waals surface area contributed by atoms with E-state index in [0.717, 1.165) is 43.2 Å². The predicted molar refractivity (Wildman–Crippen MR) is 119 cm³/mol. The number of fused-ring (bicyclic) bond motifs is 1. The maximum absolute atomic E-state index is 13.1. The number of halogens is 3. The number of carbonyl (C=O) groups excluding carboxylic acids is 1. The molecular formula is C26H23F3O4. The minimum atomic E-state index is -4.47. The van der Waals surface area contributed by atoms with Crippen molar-refractivity contribution in [3.63, 3.8) is 0 Å². The molecular weight excluding hydrogens is 433 g/mol. The Kier molecular flexibility index (Phi) is 6.67. The number of alkyl halides is 3. The van der Waals surface area contributed by atoms with Crippen LogP contribution in [0.1, 0.15) is 53.6 Å². The third-order valence-electron chi connectivity index (χ3n) is 5.90. The molecule has 0 N–H and O–H groups in total. The maximum atomic E-state index is 13.1. The zero-order valence-electron chi connectivity index (χ0n) is 17.9. The van der Waals surface area contributed by atoms with Gasteiger partial charge in [0.05, 0.1) is 17.7 Å². The summed E-state index contributed by atoms with van der Waals surface area (Å²) in [4.78, 5) is 25.4. The smallest absolute Gasteiger partial charge is 0.416 e. The molecule has 1 saturated carbocycles. The van der Waals surface area contributed by atoms with E-state index in [1.54, 1.807) is 18.2 Å². The number of ether oxygens (including phenoxy) is 1. The molecule has 3 aromatic rings. The number of hydrogen-bond donors (Lipinski definition) is 0. The zero-order chi connectivity index (χ0) is 23.4. The van der Waals surface area contributed by atoms with E-state index in [-0.39, 0.29) is 16.6 Å². The molecule has 0 bridgehead atoms. The van der Waals surface area contributed by atoms with Gasteiger partial charge in [0, 0.05) is 5.56 Å². The van der Waals surface area contributed by atoms with Gasteiger partial charge in [-0.1, -0.05) is 37.5 Å². The Bertz CT molecular complexity index is 1220. The first-order valence-corrected chi connectivity index (χ1v) is 10.9. The van der Waals surface area contributed by atoms with E-state index in [9.17, 15) is 22.8 Å². The highest BCUT2D eigenvalue weighted by atomic mass is 19.4. The number of carbonyl (C=O) groups is 1. The number of allylic oxidation sites excluding steroid dienone is 1. The van der Waals surface area contributed by atoms with E-state index in [0.29, 0.717) is 29.2 Å². The Morgan fingerprint density at radius 1 is 1.06 bits per heavy atom. The van der Waals surface area contributed by atoms with Crippen LogP contribution in [0, 0.1) is 5.92 Å². The van der Waals surface area contributed by atoms with Crippen molar-refractivity contribution in [3.8, 4) is 5.75 Å². The molecule has 1 fully saturated rings. The van der Waals surface area contributed by atoms with E-state index in [4.69, 9.17) is 9.15 Å². The Morgan fingerprint density at radius 3 is 2.48 bits per heavy atom. The van der Waals surface area contributed by atoms with Gasteiger partial charge in [-0.15, -0.1) is 0 Å². The van der Waals surface area contributed by atoms with Gasteiger partial charge >= 0.3 is 6.18 Å². The fraction of sp³-hybridized carbons (Fsp3) is 0.308. The number of rotatable bonds is 6.